The van der Waals surface area contributed by atoms with Gasteiger partial charge >= 0.3 is 5.97 Å². The maximum absolute atomic E-state index is 12.9. The number of aliphatic carboxylic acids is 1. The fourth-order valence-electron chi connectivity index (χ4n) is 5.76. The number of ether oxygens (including phenoxy) is 1. The lowest BCUT2D eigenvalue weighted by Gasteiger charge is -2.30. The lowest BCUT2D eigenvalue weighted by molar-refractivity contribution is -0.160. The number of piperazine rings is 1. The Kier molecular flexibility index (Phi) is 7.73. The Morgan fingerprint density at radius 1 is 1.07 bits per heavy atom. The summed E-state index contributed by atoms with van der Waals surface area (Å²) in [5, 5.41) is 17.3. The van der Waals surface area contributed by atoms with Crippen molar-refractivity contribution >= 4 is 61.8 Å². The second-order valence-electron chi connectivity index (χ2n) is 12.3. The fourth-order valence-corrected chi connectivity index (χ4v) is 7.00. The number of benzene rings is 3. The van der Waals surface area contributed by atoms with Gasteiger partial charge in [0, 0.05) is 47.2 Å². The first kappa shape index (κ1) is 30.2. The summed E-state index contributed by atoms with van der Waals surface area (Å²) < 4.78 is 8.80. The molecule has 1 aliphatic heterocycles. The van der Waals surface area contributed by atoms with Crippen molar-refractivity contribution in [1.29, 1.82) is 0 Å². The van der Waals surface area contributed by atoms with Gasteiger partial charge in [-0.25, -0.2) is 9.78 Å². The number of anilines is 1. The Balaban J connectivity index is 1.54. The first-order valence-corrected chi connectivity index (χ1v) is 15.6. The van der Waals surface area contributed by atoms with Crippen LogP contribution in [0.3, 0.4) is 0 Å². The van der Waals surface area contributed by atoms with Gasteiger partial charge in [-0.1, -0.05) is 23.7 Å². The van der Waals surface area contributed by atoms with Crippen LogP contribution in [0.5, 0.6) is 0 Å². The summed E-state index contributed by atoms with van der Waals surface area (Å²) in [6.07, 6.45) is -1.19. The van der Waals surface area contributed by atoms with Crippen molar-refractivity contribution in [2.24, 2.45) is 7.05 Å². The molecule has 44 heavy (non-hydrogen) atoms. The molecule has 5 aromatic rings. The van der Waals surface area contributed by atoms with E-state index in [9.17, 15) is 14.7 Å². The molecular weight excluding hydrogens is 598 g/mol. The number of amides is 1. The molecule has 0 bridgehead atoms. The number of carbonyl (C=O) groups is 2. The maximum atomic E-state index is 12.9. The highest BCUT2D eigenvalue weighted by atomic mass is 35.5. The molecule has 1 N–H and O–H groups in total. The zero-order chi connectivity index (χ0) is 31.5. The van der Waals surface area contributed by atoms with Crippen LogP contribution in [0, 0.1) is 6.92 Å². The molecule has 1 aliphatic rings. The van der Waals surface area contributed by atoms with Crippen molar-refractivity contribution < 1.29 is 19.4 Å². The molecule has 11 heteroatoms. The summed E-state index contributed by atoms with van der Waals surface area (Å²) in [4.78, 5) is 34.4. The fraction of sp³-hybridized carbons (Fsp3) is 0.333. The highest BCUT2D eigenvalue weighted by Gasteiger charge is 2.33. The SMILES string of the molecule is Cc1cc2nc(-c3ccc4c(c3)c(N3CCN(C)CC3=O)nn4C)sc2c(-c2ccc(Cl)cc2)c1[C@H](OC(C)(C)C)C(=O)O. The van der Waals surface area contributed by atoms with Crippen LogP contribution in [0.15, 0.2) is 48.5 Å². The molecule has 0 unspecified atom stereocenters. The van der Waals surface area contributed by atoms with Gasteiger partial charge in [0.2, 0.25) is 5.91 Å². The van der Waals surface area contributed by atoms with E-state index in [-0.39, 0.29) is 5.91 Å². The van der Waals surface area contributed by atoms with Gasteiger partial charge in [0.05, 0.1) is 27.9 Å². The minimum atomic E-state index is -1.19. The van der Waals surface area contributed by atoms with Crippen molar-refractivity contribution in [3.63, 3.8) is 0 Å². The van der Waals surface area contributed by atoms with Crippen LogP contribution in [0.1, 0.15) is 38.0 Å². The van der Waals surface area contributed by atoms with Gasteiger partial charge in [0.1, 0.15) is 5.01 Å². The average Bonchev–Trinajstić information content (AvgIpc) is 3.51. The van der Waals surface area contributed by atoms with Crippen LogP contribution in [0.4, 0.5) is 5.82 Å². The minimum absolute atomic E-state index is 0.0187. The molecular formula is C33H34ClN5O4S. The van der Waals surface area contributed by atoms with Crippen molar-refractivity contribution in [3.05, 3.63) is 64.7 Å². The van der Waals surface area contributed by atoms with E-state index in [4.69, 9.17) is 26.4 Å². The molecule has 1 saturated heterocycles. The van der Waals surface area contributed by atoms with E-state index >= 15 is 0 Å². The molecule has 3 aromatic carbocycles. The van der Waals surface area contributed by atoms with Gasteiger partial charge < -0.3 is 9.84 Å². The van der Waals surface area contributed by atoms with E-state index in [1.807, 2.05) is 83.1 Å². The number of carbonyl (C=O) groups excluding carboxylic acids is 1. The molecule has 0 radical (unpaired) electrons. The molecule has 1 amide bonds. The normalized spacial score (nSPS) is 15.4. The number of carboxylic acid groups (broad SMARTS) is 1. The number of hydrogen-bond acceptors (Lipinski definition) is 7. The van der Waals surface area contributed by atoms with Crippen LogP contribution in [-0.2, 0) is 21.4 Å². The van der Waals surface area contributed by atoms with Gasteiger partial charge in [-0.2, -0.15) is 5.10 Å². The van der Waals surface area contributed by atoms with E-state index in [0.29, 0.717) is 29.5 Å². The molecule has 0 spiro atoms. The van der Waals surface area contributed by atoms with Crippen molar-refractivity contribution in [2.75, 3.05) is 31.6 Å². The quantitative estimate of drug-likeness (QED) is 0.223. The van der Waals surface area contributed by atoms with Gasteiger partial charge in [0.25, 0.3) is 0 Å². The summed E-state index contributed by atoms with van der Waals surface area (Å²) in [6, 6.07) is 15.4. The Labute approximate surface area is 264 Å². The topological polar surface area (TPSA) is 101 Å². The van der Waals surface area contributed by atoms with Crippen LogP contribution >= 0.6 is 22.9 Å². The summed E-state index contributed by atoms with van der Waals surface area (Å²) in [5.74, 6) is -0.396. The number of aryl methyl sites for hydroxylation is 2. The number of halogens is 1. The Bertz CT molecular complexity index is 1930. The van der Waals surface area contributed by atoms with E-state index in [1.165, 1.54) is 11.3 Å². The second-order valence-corrected chi connectivity index (χ2v) is 13.7. The number of aromatic nitrogens is 3. The monoisotopic (exact) mass is 631 g/mol. The average molecular weight is 632 g/mol. The highest BCUT2D eigenvalue weighted by molar-refractivity contribution is 7.22. The van der Waals surface area contributed by atoms with Gasteiger partial charge in [0.15, 0.2) is 11.9 Å². The predicted molar refractivity (Wildman–Crippen MR) is 176 cm³/mol. The maximum Gasteiger partial charge on any atom is 0.337 e. The molecule has 9 nitrogen and oxygen atoms in total. The van der Waals surface area contributed by atoms with Crippen molar-refractivity contribution in [1.82, 2.24) is 19.7 Å². The van der Waals surface area contributed by atoms with E-state index < -0.39 is 17.7 Å². The molecule has 3 heterocycles. The number of rotatable bonds is 6. The number of thiazole rings is 1. The first-order chi connectivity index (χ1) is 20.8. The van der Waals surface area contributed by atoms with Gasteiger partial charge in [-0.15, -0.1) is 11.3 Å². The van der Waals surface area contributed by atoms with Crippen molar-refractivity contribution in [3.8, 4) is 21.7 Å². The lowest BCUT2D eigenvalue weighted by atomic mass is 9.91. The van der Waals surface area contributed by atoms with Gasteiger partial charge in [-0.05, 0) is 82.3 Å². The summed E-state index contributed by atoms with van der Waals surface area (Å²) >= 11 is 7.74. The number of fused-ring (bicyclic) bond motifs is 2. The van der Waals surface area contributed by atoms with Gasteiger partial charge in [-0.3, -0.25) is 19.3 Å². The second kappa shape index (κ2) is 11.3. The number of nitrogens with zero attached hydrogens (tertiary/aromatic N) is 5. The zero-order valence-electron chi connectivity index (χ0n) is 25.5. The Hall–Kier alpha value is -3.83. The summed E-state index contributed by atoms with van der Waals surface area (Å²) in [7, 11) is 3.82. The smallest absolute Gasteiger partial charge is 0.337 e. The molecule has 0 aliphatic carbocycles. The Morgan fingerprint density at radius 3 is 2.43 bits per heavy atom. The largest absolute Gasteiger partial charge is 0.479 e. The molecule has 0 saturated carbocycles. The molecule has 228 valence electrons. The number of hydrogen-bond donors (Lipinski definition) is 1. The van der Waals surface area contributed by atoms with Crippen LogP contribution in [-0.4, -0.2) is 68.9 Å². The highest BCUT2D eigenvalue weighted by Crippen LogP contribution is 2.45. The third-order valence-corrected chi connectivity index (χ3v) is 9.15. The molecule has 6 rings (SSSR count). The molecule has 1 atom stereocenters. The van der Waals surface area contributed by atoms with E-state index in [0.717, 1.165) is 54.9 Å². The van der Waals surface area contributed by atoms with E-state index in [1.54, 1.807) is 21.7 Å². The third kappa shape index (κ3) is 5.59. The zero-order valence-corrected chi connectivity index (χ0v) is 27.1. The predicted octanol–water partition coefficient (Wildman–Crippen LogP) is 6.70. The summed E-state index contributed by atoms with van der Waals surface area (Å²) in [5.41, 5.74) is 4.83. The van der Waals surface area contributed by atoms with Crippen LogP contribution < -0.4 is 4.90 Å². The number of carboxylic acids is 1. The lowest BCUT2D eigenvalue weighted by Crippen LogP contribution is -2.49. The first-order valence-electron chi connectivity index (χ1n) is 14.4. The number of likely N-dealkylation sites (N-methyl/N-ethyl adjacent to an activating group) is 1. The molecule has 1 fully saturated rings. The van der Waals surface area contributed by atoms with Crippen LogP contribution in [0.25, 0.3) is 42.8 Å². The van der Waals surface area contributed by atoms with E-state index in [2.05, 4.69) is 0 Å². The van der Waals surface area contributed by atoms with Crippen molar-refractivity contribution in [2.45, 2.75) is 39.4 Å². The minimum Gasteiger partial charge on any atom is -0.479 e. The third-order valence-electron chi connectivity index (χ3n) is 7.76. The summed E-state index contributed by atoms with van der Waals surface area (Å²) in [6.45, 7) is 9.14. The Morgan fingerprint density at radius 2 is 1.77 bits per heavy atom. The standard InChI is InChI=1S/C33H34ClN5O4S/c1-18-15-23-29(27(19-7-10-21(34)11-8-19)26(18)28(32(41)42)43-33(2,3)4)44-31(35-23)20-9-12-24-22(16-20)30(36-38(24)6)39-14-13-37(5)17-25(39)40/h7-12,15-16,28H,13-14,17H2,1-6H3,(H,41,42)/t28-/m0/s1. The molecule has 2 aromatic heterocycles. The van der Waals surface area contributed by atoms with Crippen LogP contribution in [0.2, 0.25) is 5.02 Å².